The molecule has 0 bridgehead atoms. The quantitative estimate of drug-likeness (QED) is 0.878. The van der Waals surface area contributed by atoms with Crippen LogP contribution in [0.1, 0.15) is 10.5 Å². The van der Waals surface area contributed by atoms with Gasteiger partial charge in [-0.2, -0.15) is 9.36 Å². The molecule has 8 heteroatoms. The normalized spacial score (nSPS) is 10.2. The first-order valence-electron chi connectivity index (χ1n) is 4.49. The molecule has 0 aromatic carbocycles. The number of rotatable bonds is 3. The standard InChI is InChI=1S/C9H7ClN4OS2/c1-16-9-13-8(17-14-9)12-7(15)6-3-2-5(10)4-11-6/h2-4H,1H3,(H,12,13,14,15). The van der Waals surface area contributed by atoms with Gasteiger partial charge >= 0.3 is 0 Å². The van der Waals surface area contributed by atoms with E-state index < -0.39 is 0 Å². The number of halogens is 1. The van der Waals surface area contributed by atoms with Crippen LogP contribution in [0.25, 0.3) is 0 Å². The molecule has 2 aromatic heterocycles. The largest absolute Gasteiger partial charge is 0.295 e. The molecule has 0 fully saturated rings. The van der Waals surface area contributed by atoms with E-state index >= 15 is 0 Å². The SMILES string of the molecule is CSc1nsc(NC(=O)c2ccc(Cl)cn2)n1. The summed E-state index contributed by atoms with van der Waals surface area (Å²) in [6.45, 7) is 0. The summed E-state index contributed by atoms with van der Waals surface area (Å²) in [6.07, 6.45) is 3.29. The lowest BCUT2D eigenvalue weighted by atomic mass is 10.3. The van der Waals surface area contributed by atoms with Crippen molar-refractivity contribution in [1.82, 2.24) is 14.3 Å². The van der Waals surface area contributed by atoms with Crippen molar-refractivity contribution in [2.75, 3.05) is 11.6 Å². The van der Waals surface area contributed by atoms with Crippen LogP contribution in [0.5, 0.6) is 0 Å². The minimum Gasteiger partial charge on any atom is -0.295 e. The van der Waals surface area contributed by atoms with Gasteiger partial charge in [-0.25, -0.2) is 4.98 Å². The third-order valence-electron chi connectivity index (χ3n) is 1.77. The first kappa shape index (κ1) is 12.3. The lowest BCUT2D eigenvalue weighted by Gasteiger charge is -1.99. The van der Waals surface area contributed by atoms with Crippen molar-refractivity contribution in [2.45, 2.75) is 5.16 Å². The van der Waals surface area contributed by atoms with Gasteiger partial charge in [-0.05, 0) is 18.4 Å². The summed E-state index contributed by atoms with van der Waals surface area (Å²) in [5.74, 6) is -0.328. The maximum Gasteiger partial charge on any atom is 0.276 e. The second-order valence-electron chi connectivity index (χ2n) is 2.90. The summed E-state index contributed by atoms with van der Waals surface area (Å²) in [7, 11) is 0. The molecule has 2 heterocycles. The molecule has 5 nitrogen and oxygen atoms in total. The molecule has 2 rings (SSSR count). The Hall–Kier alpha value is -1.18. The van der Waals surface area contributed by atoms with E-state index in [0.29, 0.717) is 15.3 Å². The highest BCUT2D eigenvalue weighted by Gasteiger charge is 2.10. The van der Waals surface area contributed by atoms with Crippen LogP contribution in [0.15, 0.2) is 23.5 Å². The molecule has 0 aliphatic rings. The summed E-state index contributed by atoms with van der Waals surface area (Å²) in [5.41, 5.74) is 0.287. The smallest absolute Gasteiger partial charge is 0.276 e. The van der Waals surface area contributed by atoms with Crippen LogP contribution in [0.2, 0.25) is 5.02 Å². The van der Waals surface area contributed by atoms with E-state index in [1.807, 2.05) is 6.26 Å². The van der Waals surface area contributed by atoms with Crippen molar-refractivity contribution >= 4 is 45.9 Å². The zero-order chi connectivity index (χ0) is 12.3. The molecule has 0 aliphatic carbocycles. The number of amides is 1. The van der Waals surface area contributed by atoms with E-state index in [0.717, 1.165) is 11.5 Å². The van der Waals surface area contributed by atoms with E-state index in [-0.39, 0.29) is 11.6 Å². The highest BCUT2D eigenvalue weighted by molar-refractivity contribution is 7.98. The minimum atomic E-state index is -0.328. The number of aromatic nitrogens is 3. The summed E-state index contributed by atoms with van der Waals surface area (Å²) in [6, 6.07) is 3.16. The van der Waals surface area contributed by atoms with Crippen LogP contribution in [-0.4, -0.2) is 26.5 Å². The average molecular weight is 287 g/mol. The Balaban J connectivity index is 2.08. The van der Waals surface area contributed by atoms with Crippen molar-refractivity contribution in [3.63, 3.8) is 0 Å². The number of hydrogen-bond donors (Lipinski definition) is 1. The molecule has 0 radical (unpaired) electrons. The molecule has 1 amide bonds. The van der Waals surface area contributed by atoms with E-state index in [2.05, 4.69) is 19.7 Å². The number of nitrogens with one attached hydrogen (secondary N) is 1. The van der Waals surface area contributed by atoms with E-state index in [9.17, 15) is 4.79 Å². The van der Waals surface area contributed by atoms with Gasteiger partial charge in [0.1, 0.15) is 5.69 Å². The fraction of sp³-hybridized carbons (Fsp3) is 0.111. The molecule has 1 N–H and O–H groups in total. The van der Waals surface area contributed by atoms with Crippen LogP contribution in [0, 0.1) is 0 Å². The van der Waals surface area contributed by atoms with Crippen molar-refractivity contribution < 1.29 is 4.79 Å². The van der Waals surface area contributed by atoms with Gasteiger partial charge < -0.3 is 0 Å². The first-order valence-corrected chi connectivity index (χ1v) is 6.87. The molecule has 0 aliphatic heterocycles. The molecule has 0 saturated heterocycles. The van der Waals surface area contributed by atoms with Gasteiger partial charge in [0, 0.05) is 17.7 Å². The molecular formula is C9H7ClN4OS2. The number of carbonyl (C=O) groups excluding carboxylic acids is 1. The van der Waals surface area contributed by atoms with Crippen molar-refractivity contribution in [2.24, 2.45) is 0 Å². The maximum atomic E-state index is 11.7. The Kier molecular flexibility index (Phi) is 3.93. The van der Waals surface area contributed by atoms with Crippen molar-refractivity contribution in [1.29, 1.82) is 0 Å². The Labute approximate surface area is 111 Å². The third kappa shape index (κ3) is 3.15. The molecule has 0 atom stereocenters. The second kappa shape index (κ2) is 5.44. The van der Waals surface area contributed by atoms with Gasteiger partial charge in [0.25, 0.3) is 5.91 Å². The lowest BCUT2D eigenvalue weighted by Crippen LogP contribution is -2.13. The van der Waals surface area contributed by atoms with E-state index in [1.54, 1.807) is 12.1 Å². The number of thioether (sulfide) groups is 1. The van der Waals surface area contributed by atoms with Gasteiger partial charge in [0.15, 0.2) is 0 Å². The summed E-state index contributed by atoms with van der Waals surface area (Å²) in [4.78, 5) is 19.7. The molecule has 17 heavy (non-hydrogen) atoms. The summed E-state index contributed by atoms with van der Waals surface area (Å²) in [5, 5.41) is 4.20. The van der Waals surface area contributed by atoms with Gasteiger partial charge in [-0.15, -0.1) is 0 Å². The van der Waals surface area contributed by atoms with Crippen LogP contribution >= 0.6 is 34.9 Å². The Morgan fingerprint density at radius 3 is 2.94 bits per heavy atom. The summed E-state index contributed by atoms with van der Waals surface area (Å²) < 4.78 is 4.03. The molecule has 0 spiro atoms. The first-order chi connectivity index (χ1) is 8.19. The number of hydrogen-bond acceptors (Lipinski definition) is 6. The predicted octanol–water partition coefficient (Wildman–Crippen LogP) is 2.56. The number of nitrogens with zero attached hydrogens (tertiary/aromatic N) is 3. The molecule has 2 aromatic rings. The second-order valence-corrected chi connectivity index (χ2v) is 4.86. The average Bonchev–Trinajstić information content (AvgIpc) is 2.77. The van der Waals surface area contributed by atoms with Gasteiger partial charge in [0.05, 0.1) is 5.02 Å². The Morgan fingerprint density at radius 1 is 1.53 bits per heavy atom. The molecule has 0 unspecified atom stereocenters. The number of pyridine rings is 1. The van der Waals surface area contributed by atoms with Crippen molar-refractivity contribution in [3.05, 3.63) is 29.0 Å². The number of carbonyl (C=O) groups is 1. The predicted molar refractivity (Wildman–Crippen MR) is 68.9 cm³/mol. The van der Waals surface area contributed by atoms with Gasteiger partial charge in [-0.1, -0.05) is 23.4 Å². The topological polar surface area (TPSA) is 67.8 Å². The van der Waals surface area contributed by atoms with Gasteiger partial charge in [-0.3, -0.25) is 10.1 Å². The summed E-state index contributed by atoms with van der Waals surface area (Å²) >= 11 is 8.23. The monoisotopic (exact) mass is 286 g/mol. The van der Waals surface area contributed by atoms with E-state index in [4.69, 9.17) is 11.6 Å². The van der Waals surface area contributed by atoms with E-state index in [1.165, 1.54) is 18.0 Å². The molecule has 0 saturated carbocycles. The highest BCUT2D eigenvalue weighted by atomic mass is 35.5. The fourth-order valence-corrected chi connectivity index (χ4v) is 2.25. The van der Waals surface area contributed by atoms with Crippen LogP contribution in [0.3, 0.4) is 0 Å². The zero-order valence-corrected chi connectivity index (χ0v) is 11.1. The number of anilines is 1. The third-order valence-corrected chi connectivity index (χ3v) is 3.29. The van der Waals surface area contributed by atoms with Crippen LogP contribution < -0.4 is 5.32 Å². The molecular weight excluding hydrogens is 280 g/mol. The van der Waals surface area contributed by atoms with Crippen LogP contribution in [-0.2, 0) is 0 Å². The Bertz CT molecular complexity index is 528. The minimum absolute atomic E-state index is 0.287. The Morgan fingerprint density at radius 2 is 2.35 bits per heavy atom. The lowest BCUT2D eigenvalue weighted by molar-refractivity contribution is 0.102. The highest BCUT2D eigenvalue weighted by Crippen LogP contribution is 2.18. The zero-order valence-electron chi connectivity index (χ0n) is 8.68. The van der Waals surface area contributed by atoms with Gasteiger partial charge in [0.2, 0.25) is 10.3 Å². The maximum absolute atomic E-state index is 11.7. The fourth-order valence-electron chi connectivity index (χ4n) is 1.01. The van der Waals surface area contributed by atoms with Crippen molar-refractivity contribution in [3.8, 4) is 0 Å². The molecule has 88 valence electrons. The van der Waals surface area contributed by atoms with Crippen LogP contribution in [0.4, 0.5) is 5.13 Å².